The summed E-state index contributed by atoms with van der Waals surface area (Å²) in [6.07, 6.45) is 0. The lowest BCUT2D eigenvalue weighted by molar-refractivity contribution is -0.385. The number of nitro benzene ring substituents is 1. The van der Waals surface area contributed by atoms with Gasteiger partial charge in [-0.1, -0.05) is 0 Å². The molecule has 0 N–H and O–H groups in total. The van der Waals surface area contributed by atoms with E-state index >= 15 is 0 Å². The van der Waals surface area contributed by atoms with Crippen molar-refractivity contribution in [1.82, 2.24) is 0 Å². The molecule has 2 aromatic carbocycles. The predicted molar refractivity (Wildman–Crippen MR) is 72.0 cm³/mol. The number of nitrogens with zero attached hydrogens (tertiary/aromatic N) is 1. The monoisotopic (exact) mass is 325 g/mol. The number of rotatable bonds is 3. The molecule has 4 nitrogen and oxygen atoms in total. The van der Waals surface area contributed by atoms with Crippen molar-refractivity contribution in [2.45, 2.75) is 6.92 Å². The standard InChI is InChI=1S/C13H9BrFNO3/c1-8-6-10(3-5-12(8)16(17)18)19-13-7-9(15)2-4-11(13)14/h2-7H,1H3. The average molecular weight is 326 g/mol. The van der Waals surface area contributed by atoms with Crippen LogP contribution in [-0.2, 0) is 0 Å². The van der Waals surface area contributed by atoms with Gasteiger partial charge in [-0.3, -0.25) is 10.1 Å². The first-order valence-corrected chi connectivity index (χ1v) is 6.14. The second-order valence-corrected chi connectivity index (χ2v) is 4.74. The highest BCUT2D eigenvalue weighted by molar-refractivity contribution is 9.10. The molecule has 0 aliphatic rings. The Morgan fingerprint density at radius 2 is 2.00 bits per heavy atom. The molecule has 19 heavy (non-hydrogen) atoms. The van der Waals surface area contributed by atoms with E-state index in [1.807, 2.05) is 0 Å². The van der Waals surface area contributed by atoms with Crippen molar-refractivity contribution < 1.29 is 14.1 Å². The molecule has 0 saturated heterocycles. The van der Waals surface area contributed by atoms with Gasteiger partial charge in [0, 0.05) is 17.7 Å². The van der Waals surface area contributed by atoms with E-state index < -0.39 is 10.7 Å². The second kappa shape index (κ2) is 5.36. The van der Waals surface area contributed by atoms with E-state index in [1.54, 1.807) is 6.92 Å². The van der Waals surface area contributed by atoms with Gasteiger partial charge >= 0.3 is 0 Å². The topological polar surface area (TPSA) is 52.4 Å². The van der Waals surface area contributed by atoms with E-state index in [-0.39, 0.29) is 5.69 Å². The number of hydrogen-bond donors (Lipinski definition) is 0. The predicted octanol–water partition coefficient (Wildman–Crippen LogP) is 4.60. The molecule has 0 fully saturated rings. The molecule has 2 rings (SSSR count). The molecular weight excluding hydrogens is 317 g/mol. The lowest BCUT2D eigenvalue weighted by Crippen LogP contribution is -1.93. The Kier molecular flexibility index (Phi) is 3.80. The van der Waals surface area contributed by atoms with Gasteiger partial charge in [0.05, 0.1) is 9.40 Å². The number of hydrogen-bond acceptors (Lipinski definition) is 3. The van der Waals surface area contributed by atoms with Gasteiger partial charge < -0.3 is 4.74 Å². The summed E-state index contributed by atoms with van der Waals surface area (Å²) < 4.78 is 19.2. The van der Waals surface area contributed by atoms with E-state index in [4.69, 9.17) is 4.74 Å². The van der Waals surface area contributed by atoms with E-state index in [2.05, 4.69) is 15.9 Å². The van der Waals surface area contributed by atoms with Crippen molar-refractivity contribution >= 4 is 21.6 Å². The molecular formula is C13H9BrFNO3. The molecule has 0 heterocycles. The number of aryl methyl sites for hydroxylation is 1. The Bertz CT molecular complexity index is 646. The summed E-state index contributed by atoms with van der Waals surface area (Å²) in [5, 5.41) is 10.7. The van der Waals surface area contributed by atoms with Crippen molar-refractivity contribution in [2.24, 2.45) is 0 Å². The zero-order chi connectivity index (χ0) is 14.0. The third-order valence-electron chi connectivity index (χ3n) is 2.49. The van der Waals surface area contributed by atoms with Crippen LogP contribution in [0.2, 0.25) is 0 Å². The molecule has 0 aromatic heterocycles. The van der Waals surface area contributed by atoms with E-state index in [0.29, 0.717) is 21.5 Å². The van der Waals surface area contributed by atoms with Crippen LogP contribution in [0.3, 0.4) is 0 Å². The molecule has 2 aromatic rings. The minimum absolute atomic E-state index is 0.0191. The van der Waals surface area contributed by atoms with Gasteiger partial charge in [0.2, 0.25) is 0 Å². The van der Waals surface area contributed by atoms with Crippen LogP contribution in [0.25, 0.3) is 0 Å². The Morgan fingerprint density at radius 3 is 2.63 bits per heavy atom. The van der Waals surface area contributed by atoms with Gasteiger partial charge in [0.25, 0.3) is 5.69 Å². The van der Waals surface area contributed by atoms with E-state index in [1.165, 1.54) is 36.4 Å². The van der Waals surface area contributed by atoms with Gasteiger partial charge in [-0.25, -0.2) is 4.39 Å². The van der Waals surface area contributed by atoms with Crippen molar-refractivity contribution in [2.75, 3.05) is 0 Å². The summed E-state index contributed by atoms with van der Waals surface area (Å²) in [5.74, 6) is 0.305. The first-order chi connectivity index (χ1) is 8.97. The second-order valence-electron chi connectivity index (χ2n) is 3.88. The van der Waals surface area contributed by atoms with Crippen LogP contribution in [0.4, 0.5) is 10.1 Å². The van der Waals surface area contributed by atoms with Crippen molar-refractivity contribution in [3.8, 4) is 11.5 Å². The van der Waals surface area contributed by atoms with Gasteiger partial charge in [0.15, 0.2) is 0 Å². The maximum Gasteiger partial charge on any atom is 0.272 e. The Balaban J connectivity index is 2.31. The third-order valence-corrected chi connectivity index (χ3v) is 3.14. The lowest BCUT2D eigenvalue weighted by Gasteiger charge is -2.08. The summed E-state index contributed by atoms with van der Waals surface area (Å²) >= 11 is 3.24. The SMILES string of the molecule is Cc1cc(Oc2cc(F)ccc2Br)ccc1[N+](=O)[O-]. The van der Waals surface area contributed by atoms with Crippen LogP contribution in [0.15, 0.2) is 40.9 Å². The van der Waals surface area contributed by atoms with Crippen molar-refractivity contribution in [3.05, 3.63) is 62.4 Å². The van der Waals surface area contributed by atoms with Crippen LogP contribution in [0, 0.1) is 22.9 Å². The molecule has 98 valence electrons. The molecule has 0 aliphatic heterocycles. The number of nitro groups is 1. The minimum Gasteiger partial charge on any atom is -0.456 e. The first-order valence-electron chi connectivity index (χ1n) is 5.35. The van der Waals surface area contributed by atoms with Gasteiger partial charge in [-0.05, 0) is 47.1 Å². The average Bonchev–Trinajstić information content (AvgIpc) is 2.33. The summed E-state index contributed by atoms with van der Waals surface area (Å²) in [5.41, 5.74) is 0.501. The molecule has 0 aliphatic carbocycles. The summed E-state index contributed by atoms with van der Waals surface area (Å²) in [4.78, 5) is 10.2. The smallest absolute Gasteiger partial charge is 0.272 e. The fraction of sp³-hybridized carbons (Fsp3) is 0.0769. The highest BCUT2D eigenvalue weighted by atomic mass is 79.9. The number of halogens is 2. The minimum atomic E-state index is -0.461. The molecule has 6 heteroatoms. The molecule has 0 spiro atoms. The van der Waals surface area contributed by atoms with Crippen LogP contribution in [0.1, 0.15) is 5.56 Å². The summed E-state index contributed by atoms with van der Waals surface area (Å²) in [7, 11) is 0. The molecule has 0 bridgehead atoms. The van der Waals surface area contributed by atoms with Crippen LogP contribution in [0.5, 0.6) is 11.5 Å². The Morgan fingerprint density at radius 1 is 1.26 bits per heavy atom. The van der Waals surface area contributed by atoms with Crippen LogP contribution in [-0.4, -0.2) is 4.92 Å². The first kappa shape index (κ1) is 13.5. The Hall–Kier alpha value is -1.95. The third kappa shape index (κ3) is 3.08. The largest absolute Gasteiger partial charge is 0.456 e. The zero-order valence-corrected chi connectivity index (χ0v) is 11.5. The van der Waals surface area contributed by atoms with Gasteiger partial charge in [-0.2, -0.15) is 0 Å². The Labute approximate surface area is 117 Å². The maximum absolute atomic E-state index is 13.1. The van der Waals surface area contributed by atoms with Crippen LogP contribution < -0.4 is 4.74 Å². The highest BCUT2D eigenvalue weighted by Crippen LogP contribution is 2.32. The normalized spacial score (nSPS) is 10.3. The van der Waals surface area contributed by atoms with Gasteiger partial charge in [-0.15, -0.1) is 0 Å². The van der Waals surface area contributed by atoms with Crippen molar-refractivity contribution in [3.63, 3.8) is 0 Å². The van der Waals surface area contributed by atoms with Crippen molar-refractivity contribution in [1.29, 1.82) is 0 Å². The molecule has 0 unspecified atom stereocenters. The maximum atomic E-state index is 13.1. The van der Waals surface area contributed by atoms with Gasteiger partial charge in [0.1, 0.15) is 17.3 Å². The van der Waals surface area contributed by atoms with E-state index in [9.17, 15) is 14.5 Å². The number of benzene rings is 2. The summed E-state index contributed by atoms with van der Waals surface area (Å²) in [6.45, 7) is 1.62. The van der Waals surface area contributed by atoms with Crippen LogP contribution >= 0.6 is 15.9 Å². The highest BCUT2D eigenvalue weighted by Gasteiger charge is 2.12. The zero-order valence-electron chi connectivity index (χ0n) is 9.89. The molecule has 0 radical (unpaired) electrons. The molecule has 0 amide bonds. The quantitative estimate of drug-likeness (QED) is 0.612. The fourth-order valence-corrected chi connectivity index (χ4v) is 1.91. The fourth-order valence-electron chi connectivity index (χ4n) is 1.58. The summed E-state index contributed by atoms with van der Waals surface area (Å²) in [6, 6.07) is 8.44. The molecule has 0 saturated carbocycles. The number of ether oxygens (including phenoxy) is 1. The lowest BCUT2D eigenvalue weighted by atomic mass is 10.2. The van der Waals surface area contributed by atoms with E-state index in [0.717, 1.165) is 0 Å². The molecule has 0 atom stereocenters.